The molecule has 6 nitrogen and oxygen atoms in total. The fourth-order valence-corrected chi connectivity index (χ4v) is 3.76. The first-order valence-electron chi connectivity index (χ1n) is 9.49. The summed E-state index contributed by atoms with van der Waals surface area (Å²) in [5.74, 6) is 0.972. The second-order valence-electron chi connectivity index (χ2n) is 7.53. The average Bonchev–Trinajstić information content (AvgIpc) is 3.07. The molecule has 0 radical (unpaired) electrons. The number of benzene rings is 1. The molecular formula is C21H27N5O. The largest absolute Gasteiger partial charge is 0.381 e. The molecule has 0 spiro atoms. The van der Waals surface area contributed by atoms with E-state index in [1.807, 2.05) is 35.7 Å². The van der Waals surface area contributed by atoms with Crippen LogP contribution in [0.1, 0.15) is 18.5 Å². The van der Waals surface area contributed by atoms with Gasteiger partial charge in [-0.05, 0) is 33.9 Å². The van der Waals surface area contributed by atoms with Crippen molar-refractivity contribution in [2.24, 2.45) is 0 Å². The number of ether oxygens (including phenoxy) is 1. The smallest absolute Gasteiger partial charge is 0.158 e. The average molecular weight is 365 g/mol. The summed E-state index contributed by atoms with van der Waals surface area (Å²) in [6.07, 6.45) is 2.04. The zero-order chi connectivity index (χ0) is 18.9. The highest BCUT2D eigenvalue weighted by molar-refractivity contribution is 5.66. The minimum absolute atomic E-state index is 0.0863. The van der Waals surface area contributed by atoms with Gasteiger partial charge >= 0.3 is 0 Å². The van der Waals surface area contributed by atoms with Crippen molar-refractivity contribution in [2.45, 2.75) is 25.3 Å². The molecular weight excluding hydrogens is 338 g/mol. The lowest BCUT2D eigenvalue weighted by atomic mass is 9.88. The summed E-state index contributed by atoms with van der Waals surface area (Å²) in [5.41, 5.74) is 3.97. The van der Waals surface area contributed by atoms with Gasteiger partial charge in [0.2, 0.25) is 0 Å². The number of hydrogen-bond donors (Lipinski definition) is 1. The van der Waals surface area contributed by atoms with Gasteiger partial charge in [-0.1, -0.05) is 30.3 Å². The van der Waals surface area contributed by atoms with Crippen molar-refractivity contribution < 1.29 is 4.74 Å². The predicted octanol–water partition coefficient (Wildman–Crippen LogP) is 3.23. The number of aryl methyl sites for hydroxylation is 1. The van der Waals surface area contributed by atoms with E-state index in [1.54, 1.807) is 0 Å². The third-order valence-corrected chi connectivity index (χ3v) is 5.59. The molecule has 1 aromatic carbocycles. The first kappa shape index (κ1) is 17.9. The maximum absolute atomic E-state index is 5.60. The van der Waals surface area contributed by atoms with Crippen LogP contribution in [-0.4, -0.2) is 58.9 Å². The van der Waals surface area contributed by atoms with E-state index >= 15 is 0 Å². The Morgan fingerprint density at radius 1 is 1.15 bits per heavy atom. The molecule has 0 bridgehead atoms. The van der Waals surface area contributed by atoms with Gasteiger partial charge in [0.15, 0.2) is 5.65 Å². The van der Waals surface area contributed by atoms with E-state index in [0.29, 0.717) is 0 Å². The lowest BCUT2D eigenvalue weighted by molar-refractivity contribution is -0.000680. The molecule has 27 heavy (non-hydrogen) atoms. The predicted molar refractivity (Wildman–Crippen MR) is 108 cm³/mol. The van der Waals surface area contributed by atoms with E-state index in [4.69, 9.17) is 9.72 Å². The van der Waals surface area contributed by atoms with Gasteiger partial charge in [-0.15, -0.1) is 0 Å². The number of aromatic nitrogens is 3. The molecule has 1 N–H and O–H groups in total. The first-order chi connectivity index (χ1) is 13.1. The lowest BCUT2D eigenvalue weighted by Crippen LogP contribution is -2.53. The normalized spacial score (nSPS) is 16.7. The molecule has 1 saturated heterocycles. The van der Waals surface area contributed by atoms with E-state index in [0.717, 1.165) is 61.0 Å². The highest BCUT2D eigenvalue weighted by Crippen LogP contribution is 2.28. The van der Waals surface area contributed by atoms with Gasteiger partial charge in [0.25, 0.3) is 0 Å². The molecule has 2 aromatic heterocycles. The third kappa shape index (κ3) is 3.55. The monoisotopic (exact) mass is 365 g/mol. The Hall–Kier alpha value is -2.44. The Morgan fingerprint density at radius 3 is 2.59 bits per heavy atom. The Morgan fingerprint density at radius 2 is 1.89 bits per heavy atom. The minimum Gasteiger partial charge on any atom is -0.381 e. The van der Waals surface area contributed by atoms with Gasteiger partial charge in [-0.3, -0.25) is 0 Å². The zero-order valence-electron chi connectivity index (χ0n) is 16.3. The molecule has 0 atom stereocenters. The Bertz CT molecular complexity index is 913. The number of hydrogen-bond acceptors (Lipinski definition) is 5. The summed E-state index contributed by atoms with van der Waals surface area (Å²) >= 11 is 0. The van der Waals surface area contributed by atoms with Gasteiger partial charge in [-0.2, -0.15) is 9.61 Å². The summed E-state index contributed by atoms with van der Waals surface area (Å²) in [6.45, 7) is 4.46. The van der Waals surface area contributed by atoms with Crippen LogP contribution in [0.15, 0.2) is 42.5 Å². The van der Waals surface area contributed by atoms with Crippen molar-refractivity contribution in [3.05, 3.63) is 48.2 Å². The van der Waals surface area contributed by atoms with Crippen LogP contribution in [0, 0.1) is 6.92 Å². The van der Waals surface area contributed by atoms with E-state index in [2.05, 4.69) is 47.6 Å². The van der Waals surface area contributed by atoms with Crippen molar-refractivity contribution in [1.82, 2.24) is 19.5 Å². The number of anilines is 1. The SMILES string of the molecule is Cc1cc2nc(-c3ccccc3)cc(NCC3(N(C)C)CCOCC3)n2n1. The molecule has 6 heteroatoms. The van der Waals surface area contributed by atoms with Gasteiger partial charge < -0.3 is 15.0 Å². The third-order valence-electron chi connectivity index (χ3n) is 5.59. The molecule has 0 amide bonds. The number of nitrogens with zero attached hydrogens (tertiary/aromatic N) is 4. The molecule has 3 heterocycles. The maximum Gasteiger partial charge on any atom is 0.158 e. The van der Waals surface area contributed by atoms with Crippen LogP contribution in [0.2, 0.25) is 0 Å². The van der Waals surface area contributed by atoms with Crippen LogP contribution < -0.4 is 5.32 Å². The molecule has 1 aliphatic heterocycles. The number of rotatable bonds is 5. The maximum atomic E-state index is 5.60. The Labute approximate surface area is 160 Å². The van der Waals surface area contributed by atoms with Crippen LogP contribution in [0.5, 0.6) is 0 Å². The van der Waals surface area contributed by atoms with Gasteiger partial charge in [0.1, 0.15) is 5.82 Å². The molecule has 0 unspecified atom stereocenters. The van der Waals surface area contributed by atoms with E-state index < -0.39 is 0 Å². The summed E-state index contributed by atoms with van der Waals surface area (Å²) in [4.78, 5) is 7.13. The Kier molecular flexibility index (Phi) is 4.85. The van der Waals surface area contributed by atoms with Crippen LogP contribution in [0.4, 0.5) is 5.82 Å². The quantitative estimate of drug-likeness (QED) is 0.752. The van der Waals surface area contributed by atoms with Crippen molar-refractivity contribution in [3.8, 4) is 11.3 Å². The molecule has 4 rings (SSSR count). The number of likely N-dealkylation sites (N-methyl/N-ethyl adjacent to an activating group) is 1. The van der Waals surface area contributed by atoms with E-state index in [1.165, 1.54) is 0 Å². The van der Waals surface area contributed by atoms with Crippen molar-refractivity contribution in [1.29, 1.82) is 0 Å². The topological polar surface area (TPSA) is 54.7 Å². The minimum atomic E-state index is 0.0863. The molecule has 0 saturated carbocycles. The van der Waals surface area contributed by atoms with Crippen LogP contribution in [-0.2, 0) is 4.74 Å². The number of fused-ring (bicyclic) bond motifs is 1. The van der Waals surface area contributed by atoms with Crippen LogP contribution in [0.25, 0.3) is 16.9 Å². The van der Waals surface area contributed by atoms with Gasteiger partial charge in [0, 0.05) is 43.0 Å². The van der Waals surface area contributed by atoms with Gasteiger partial charge in [-0.25, -0.2) is 4.98 Å². The van der Waals surface area contributed by atoms with E-state index in [-0.39, 0.29) is 5.54 Å². The van der Waals surface area contributed by atoms with Gasteiger partial charge in [0.05, 0.1) is 11.4 Å². The highest BCUT2D eigenvalue weighted by Gasteiger charge is 2.34. The van der Waals surface area contributed by atoms with Crippen LogP contribution in [0.3, 0.4) is 0 Å². The lowest BCUT2D eigenvalue weighted by Gasteiger charge is -2.43. The Balaban J connectivity index is 1.69. The van der Waals surface area contributed by atoms with Crippen molar-refractivity contribution >= 4 is 11.5 Å². The summed E-state index contributed by atoms with van der Waals surface area (Å²) in [7, 11) is 4.31. The van der Waals surface area contributed by atoms with E-state index in [9.17, 15) is 0 Å². The number of nitrogens with one attached hydrogen (secondary N) is 1. The molecule has 142 valence electrons. The first-order valence-corrected chi connectivity index (χ1v) is 9.49. The summed E-state index contributed by atoms with van der Waals surface area (Å²) in [5, 5.41) is 8.30. The van der Waals surface area contributed by atoms with Crippen molar-refractivity contribution in [3.63, 3.8) is 0 Å². The fraction of sp³-hybridized carbons (Fsp3) is 0.429. The molecule has 1 aliphatic rings. The second-order valence-corrected chi connectivity index (χ2v) is 7.53. The summed E-state index contributed by atoms with van der Waals surface area (Å²) < 4.78 is 7.50. The zero-order valence-corrected chi connectivity index (χ0v) is 16.3. The fourth-order valence-electron chi connectivity index (χ4n) is 3.76. The second kappa shape index (κ2) is 7.29. The molecule has 3 aromatic rings. The molecule has 0 aliphatic carbocycles. The standard InChI is InChI=1S/C21H27N5O/c1-16-13-20-23-18(17-7-5-4-6-8-17)14-19(26(20)24-16)22-15-21(25(2)3)9-11-27-12-10-21/h4-8,13-14,22H,9-12,15H2,1-3H3. The summed E-state index contributed by atoms with van der Waals surface area (Å²) in [6, 6.07) is 14.4. The van der Waals surface area contributed by atoms with Crippen LogP contribution >= 0.6 is 0 Å². The molecule has 1 fully saturated rings. The highest BCUT2D eigenvalue weighted by atomic mass is 16.5. The van der Waals surface area contributed by atoms with Crippen molar-refractivity contribution in [2.75, 3.05) is 39.2 Å².